The third-order valence-corrected chi connectivity index (χ3v) is 7.30. The van der Waals surface area contributed by atoms with Gasteiger partial charge >= 0.3 is 5.97 Å². The summed E-state index contributed by atoms with van der Waals surface area (Å²) in [6.07, 6.45) is 3.85. The van der Waals surface area contributed by atoms with E-state index in [1.165, 1.54) is 0 Å². The number of nitrogens with zero attached hydrogens (tertiary/aromatic N) is 2. The largest absolute Gasteiger partial charge is 0.493 e. The SMILES string of the molecule is COc1cc2cc(c1OC)OCCCC(OC(=O)c1ccccc1)CCN1CCCN(CCCNC2=O)CC1. The first kappa shape index (κ1) is 28.7. The van der Waals surface area contributed by atoms with Gasteiger partial charge in [0.2, 0.25) is 5.75 Å². The number of fused-ring (bicyclic) bond motifs is 5. The molecule has 2 heterocycles. The molecule has 4 rings (SSSR count). The lowest BCUT2D eigenvalue weighted by Gasteiger charge is -2.24. The molecule has 0 radical (unpaired) electrons. The number of nitrogens with one attached hydrogen (secondary N) is 1. The molecule has 0 aliphatic carbocycles. The fraction of sp³-hybridized carbons (Fsp3) is 0.533. The number of carbonyl (C=O) groups excluding carboxylic acids is 2. The van der Waals surface area contributed by atoms with E-state index in [9.17, 15) is 9.59 Å². The molecule has 3 unspecified atom stereocenters. The minimum atomic E-state index is -0.299. The maximum Gasteiger partial charge on any atom is 0.338 e. The zero-order valence-electron chi connectivity index (χ0n) is 23.2. The smallest absolute Gasteiger partial charge is 0.338 e. The van der Waals surface area contributed by atoms with Crippen molar-refractivity contribution in [2.45, 2.75) is 38.2 Å². The van der Waals surface area contributed by atoms with Gasteiger partial charge in [-0.3, -0.25) is 4.79 Å². The molecular weight excluding hydrogens is 498 g/mol. The van der Waals surface area contributed by atoms with Gasteiger partial charge in [0.1, 0.15) is 6.10 Å². The first-order valence-electron chi connectivity index (χ1n) is 13.9. The number of amides is 1. The van der Waals surface area contributed by atoms with Gasteiger partial charge in [0, 0.05) is 31.7 Å². The van der Waals surface area contributed by atoms with Gasteiger partial charge < -0.3 is 34.1 Å². The summed E-state index contributed by atoms with van der Waals surface area (Å²) < 4.78 is 23.1. The Kier molecular flexibility index (Phi) is 10.9. The highest BCUT2D eigenvalue weighted by Crippen LogP contribution is 2.38. The third-order valence-electron chi connectivity index (χ3n) is 7.30. The van der Waals surface area contributed by atoms with Crippen molar-refractivity contribution in [2.24, 2.45) is 0 Å². The second-order valence-corrected chi connectivity index (χ2v) is 10.0. The summed E-state index contributed by atoms with van der Waals surface area (Å²) in [6, 6.07) is 12.5. The second-order valence-electron chi connectivity index (χ2n) is 10.0. The molecule has 0 saturated carbocycles. The van der Waals surface area contributed by atoms with Crippen LogP contribution in [-0.2, 0) is 4.74 Å². The fourth-order valence-electron chi connectivity index (χ4n) is 5.12. The van der Waals surface area contributed by atoms with Gasteiger partial charge in [-0.25, -0.2) is 4.79 Å². The minimum absolute atomic E-state index is 0.173. The Morgan fingerprint density at radius 2 is 1.64 bits per heavy atom. The minimum Gasteiger partial charge on any atom is -0.493 e. The zero-order chi connectivity index (χ0) is 27.5. The Morgan fingerprint density at radius 3 is 2.38 bits per heavy atom. The number of ether oxygens (including phenoxy) is 4. The molecule has 2 aromatic carbocycles. The third kappa shape index (κ3) is 8.34. The van der Waals surface area contributed by atoms with Crippen LogP contribution in [0.2, 0.25) is 0 Å². The van der Waals surface area contributed by atoms with Crippen molar-refractivity contribution in [3.8, 4) is 17.2 Å². The van der Waals surface area contributed by atoms with Crippen LogP contribution in [0, 0.1) is 0 Å². The van der Waals surface area contributed by atoms with Crippen molar-refractivity contribution >= 4 is 11.9 Å². The Hall–Kier alpha value is -3.30. The average Bonchev–Trinajstić information content (AvgIpc) is 3.20. The van der Waals surface area contributed by atoms with Crippen LogP contribution in [0.4, 0.5) is 0 Å². The van der Waals surface area contributed by atoms with Crippen molar-refractivity contribution in [2.75, 3.05) is 66.6 Å². The average molecular weight is 540 g/mol. The van der Waals surface area contributed by atoms with Crippen LogP contribution in [-0.4, -0.2) is 94.4 Å². The molecule has 1 saturated heterocycles. The van der Waals surface area contributed by atoms with E-state index in [0.29, 0.717) is 54.4 Å². The van der Waals surface area contributed by atoms with Crippen molar-refractivity contribution in [3.63, 3.8) is 0 Å². The van der Waals surface area contributed by atoms with Crippen LogP contribution in [0.5, 0.6) is 17.2 Å². The molecule has 1 fully saturated rings. The number of hydrogen-bond donors (Lipinski definition) is 1. The van der Waals surface area contributed by atoms with Crippen LogP contribution >= 0.6 is 0 Å². The van der Waals surface area contributed by atoms with Gasteiger partial charge in [-0.1, -0.05) is 18.2 Å². The number of rotatable bonds is 4. The molecule has 2 aromatic rings. The van der Waals surface area contributed by atoms with Crippen LogP contribution in [0.3, 0.4) is 0 Å². The van der Waals surface area contributed by atoms with Crippen LogP contribution in [0.15, 0.2) is 42.5 Å². The van der Waals surface area contributed by atoms with Crippen molar-refractivity contribution in [1.82, 2.24) is 15.1 Å². The molecule has 0 spiro atoms. The molecule has 212 valence electrons. The molecule has 4 bridgehead atoms. The number of methoxy groups -OCH3 is 2. The summed E-state index contributed by atoms with van der Waals surface area (Å²) in [4.78, 5) is 30.7. The van der Waals surface area contributed by atoms with E-state index >= 15 is 0 Å². The van der Waals surface area contributed by atoms with E-state index < -0.39 is 0 Å². The van der Waals surface area contributed by atoms with Crippen LogP contribution in [0.25, 0.3) is 0 Å². The van der Waals surface area contributed by atoms with Crippen molar-refractivity contribution in [3.05, 3.63) is 53.6 Å². The molecule has 0 aromatic heterocycles. The second kappa shape index (κ2) is 14.7. The number of esters is 1. The topological polar surface area (TPSA) is 89.6 Å². The summed E-state index contributed by atoms with van der Waals surface area (Å²) >= 11 is 0. The molecule has 39 heavy (non-hydrogen) atoms. The fourth-order valence-corrected chi connectivity index (χ4v) is 5.12. The molecule has 2 aliphatic rings. The molecule has 2 aliphatic heterocycles. The van der Waals surface area contributed by atoms with Gasteiger partial charge in [-0.05, 0) is 76.0 Å². The van der Waals surface area contributed by atoms with Gasteiger partial charge in [-0.15, -0.1) is 0 Å². The Balaban J connectivity index is 1.50. The summed E-state index contributed by atoms with van der Waals surface area (Å²) in [5.74, 6) is 0.861. The molecular formula is C30H41N3O6. The lowest BCUT2D eigenvalue weighted by molar-refractivity contribution is 0.0222. The Morgan fingerprint density at radius 1 is 0.897 bits per heavy atom. The first-order valence-corrected chi connectivity index (χ1v) is 13.9. The first-order chi connectivity index (χ1) is 19.1. The summed E-state index contributed by atoms with van der Waals surface area (Å²) in [5, 5.41) is 3.03. The highest BCUT2D eigenvalue weighted by molar-refractivity contribution is 5.95. The predicted molar refractivity (Wildman–Crippen MR) is 149 cm³/mol. The summed E-state index contributed by atoms with van der Waals surface area (Å²) in [6.45, 7) is 6.85. The highest BCUT2D eigenvalue weighted by Gasteiger charge is 2.21. The van der Waals surface area contributed by atoms with Gasteiger partial charge in [-0.2, -0.15) is 0 Å². The zero-order valence-corrected chi connectivity index (χ0v) is 23.2. The molecule has 1 amide bonds. The van der Waals surface area contributed by atoms with Crippen molar-refractivity contribution in [1.29, 1.82) is 0 Å². The predicted octanol–water partition coefficient (Wildman–Crippen LogP) is 3.62. The Labute approximate surface area is 231 Å². The highest BCUT2D eigenvalue weighted by atomic mass is 16.5. The Bertz CT molecular complexity index is 1080. The van der Waals surface area contributed by atoms with Gasteiger partial charge in [0.25, 0.3) is 5.91 Å². The number of hydrogen-bond acceptors (Lipinski definition) is 8. The van der Waals surface area contributed by atoms with Crippen LogP contribution in [0.1, 0.15) is 52.8 Å². The maximum absolute atomic E-state index is 12.9. The standard InChI is InChI=1S/C30H41N3O6/c1-36-26-21-24-22-27(28(26)37-2)38-20-6-11-25(39-30(35)23-9-4-3-5-10-23)12-17-33-16-8-15-32(18-19-33)14-7-13-31-29(24)34/h3-5,9-10,21-22,25H,6-8,11-20H2,1-2H3,(H,31,34). The van der Waals surface area contributed by atoms with E-state index in [0.717, 1.165) is 58.5 Å². The number of carbonyl (C=O) groups is 2. The van der Waals surface area contributed by atoms with Gasteiger partial charge in [0.05, 0.1) is 26.4 Å². The molecule has 9 nitrogen and oxygen atoms in total. The van der Waals surface area contributed by atoms with E-state index in [1.807, 2.05) is 18.2 Å². The molecule has 9 heteroatoms. The number of benzene rings is 2. The lowest BCUT2D eigenvalue weighted by atomic mass is 10.1. The molecule has 3 atom stereocenters. The van der Waals surface area contributed by atoms with E-state index in [4.69, 9.17) is 18.9 Å². The van der Waals surface area contributed by atoms with Crippen LogP contribution < -0.4 is 19.5 Å². The molecule has 1 N–H and O–H groups in total. The lowest BCUT2D eigenvalue weighted by Crippen LogP contribution is -2.34. The van der Waals surface area contributed by atoms with E-state index in [-0.39, 0.29) is 18.0 Å². The summed E-state index contributed by atoms with van der Waals surface area (Å²) in [5.41, 5.74) is 1.02. The van der Waals surface area contributed by atoms with E-state index in [1.54, 1.807) is 38.5 Å². The summed E-state index contributed by atoms with van der Waals surface area (Å²) in [7, 11) is 3.09. The van der Waals surface area contributed by atoms with Crippen molar-refractivity contribution < 1.29 is 28.5 Å². The van der Waals surface area contributed by atoms with E-state index in [2.05, 4.69) is 15.1 Å². The monoisotopic (exact) mass is 539 g/mol. The van der Waals surface area contributed by atoms with Gasteiger partial charge in [0.15, 0.2) is 11.5 Å². The maximum atomic E-state index is 12.9. The quantitative estimate of drug-likeness (QED) is 0.590. The normalized spacial score (nSPS) is 23.1.